The summed E-state index contributed by atoms with van der Waals surface area (Å²) < 4.78 is 0. The number of aromatic nitrogens is 3. The SMILES string of the molecule is CN(C)C(=O)c1ccc(N2CCCN(c3ccnc(NCC(N)=O)c3C#N)CC2)cc1.CN(C)C(=O)c1ccc(N2CCCN(c3ccnc4[nH]c(C(N)=O)c(N)c34)CC2)cc1. The molecule has 4 amide bonds. The van der Waals surface area contributed by atoms with Crippen LogP contribution in [0, 0.1) is 11.3 Å². The first-order valence-electron chi connectivity index (χ1n) is 20.4. The molecule has 5 aromatic rings. The molecule has 0 spiro atoms. The third kappa shape index (κ3) is 10.1. The van der Waals surface area contributed by atoms with Gasteiger partial charge < -0.3 is 56.9 Å². The lowest BCUT2D eigenvalue weighted by Gasteiger charge is -2.26. The van der Waals surface area contributed by atoms with Gasteiger partial charge in [-0.3, -0.25) is 19.2 Å². The van der Waals surface area contributed by atoms with Crippen LogP contribution in [0.15, 0.2) is 73.1 Å². The number of anilines is 6. The van der Waals surface area contributed by atoms with E-state index >= 15 is 0 Å². The van der Waals surface area contributed by atoms with E-state index in [0.717, 1.165) is 93.3 Å². The van der Waals surface area contributed by atoms with E-state index < -0.39 is 11.8 Å². The molecule has 0 radical (unpaired) electrons. The maximum atomic E-state index is 12.1. The quantitative estimate of drug-likeness (QED) is 0.136. The summed E-state index contributed by atoms with van der Waals surface area (Å²) in [6.45, 7) is 6.45. The van der Waals surface area contributed by atoms with Crippen LogP contribution in [0.25, 0.3) is 11.0 Å². The van der Waals surface area contributed by atoms with Crippen molar-refractivity contribution in [3.8, 4) is 6.07 Å². The number of aromatic amines is 1. The molecule has 7 rings (SSSR count). The Kier molecular flexibility index (Phi) is 14.0. The van der Waals surface area contributed by atoms with Crippen LogP contribution in [0.2, 0.25) is 0 Å². The van der Waals surface area contributed by atoms with Crippen molar-refractivity contribution >= 4 is 68.9 Å². The number of nitrogens with zero attached hydrogens (tertiary/aromatic N) is 9. The molecule has 3 aromatic heterocycles. The molecule has 18 nitrogen and oxygen atoms in total. The minimum absolute atomic E-state index is 0.00489. The Morgan fingerprint density at radius 3 is 1.65 bits per heavy atom. The van der Waals surface area contributed by atoms with Gasteiger partial charge in [-0.25, -0.2) is 9.97 Å². The van der Waals surface area contributed by atoms with Crippen molar-refractivity contribution in [3.63, 3.8) is 0 Å². The molecule has 0 bridgehead atoms. The Morgan fingerprint density at radius 1 is 0.694 bits per heavy atom. The molecule has 2 aromatic carbocycles. The summed E-state index contributed by atoms with van der Waals surface area (Å²) in [7, 11) is 6.98. The van der Waals surface area contributed by atoms with Crippen molar-refractivity contribution in [1.29, 1.82) is 5.26 Å². The predicted octanol–water partition coefficient (Wildman–Crippen LogP) is 2.93. The van der Waals surface area contributed by atoms with E-state index in [2.05, 4.69) is 45.9 Å². The molecule has 324 valence electrons. The van der Waals surface area contributed by atoms with Gasteiger partial charge in [-0.2, -0.15) is 5.26 Å². The van der Waals surface area contributed by atoms with Gasteiger partial charge in [-0.1, -0.05) is 0 Å². The number of hydrogen-bond acceptors (Lipinski definition) is 13. The normalized spacial score (nSPS) is 14.2. The highest BCUT2D eigenvalue weighted by atomic mass is 16.2. The fraction of sp³-hybridized carbons (Fsp3) is 0.341. The second-order valence-corrected chi connectivity index (χ2v) is 15.5. The highest BCUT2D eigenvalue weighted by molar-refractivity contribution is 6.10. The minimum atomic E-state index is -0.598. The number of carbonyl (C=O) groups excluding carboxylic acids is 4. The molecule has 62 heavy (non-hydrogen) atoms. The van der Waals surface area contributed by atoms with Crippen LogP contribution in [0.4, 0.5) is 34.3 Å². The first-order valence-corrected chi connectivity index (χ1v) is 20.4. The maximum absolute atomic E-state index is 12.1. The van der Waals surface area contributed by atoms with E-state index in [0.29, 0.717) is 33.8 Å². The molecule has 2 aliphatic rings. The number of fused-ring (bicyclic) bond motifs is 1. The van der Waals surface area contributed by atoms with Crippen molar-refractivity contribution in [1.82, 2.24) is 24.8 Å². The molecule has 2 saturated heterocycles. The summed E-state index contributed by atoms with van der Waals surface area (Å²) in [5.41, 5.74) is 23.6. The monoisotopic (exact) mass is 842 g/mol. The summed E-state index contributed by atoms with van der Waals surface area (Å²) >= 11 is 0. The Morgan fingerprint density at radius 2 is 1.16 bits per heavy atom. The van der Waals surface area contributed by atoms with Crippen LogP contribution in [-0.2, 0) is 4.79 Å². The largest absolute Gasteiger partial charge is 0.396 e. The van der Waals surface area contributed by atoms with Crippen LogP contribution < -0.4 is 42.1 Å². The smallest absolute Gasteiger partial charge is 0.267 e. The van der Waals surface area contributed by atoms with Gasteiger partial charge in [0.1, 0.15) is 28.8 Å². The number of benzene rings is 2. The number of nitrogen functional groups attached to an aromatic ring is 1. The van der Waals surface area contributed by atoms with E-state index in [1.54, 1.807) is 50.4 Å². The number of amides is 4. The molecule has 5 heterocycles. The first kappa shape index (κ1) is 44.0. The number of nitrogens with one attached hydrogen (secondary N) is 2. The van der Waals surface area contributed by atoms with E-state index in [-0.39, 0.29) is 24.1 Å². The third-order valence-electron chi connectivity index (χ3n) is 10.9. The highest BCUT2D eigenvalue weighted by Gasteiger charge is 2.24. The molecular weight excluding hydrogens is 789 g/mol. The average Bonchev–Trinajstić information content (AvgIpc) is 3.44. The molecule has 18 heteroatoms. The van der Waals surface area contributed by atoms with Gasteiger partial charge in [-0.15, -0.1) is 0 Å². The number of H-pyrrole nitrogens is 1. The number of carbonyl (C=O) groups is 4. The van der Waals surface area contributed by atoms with Crippen molar-refractivity contribution < 1.29 is 19.2 Å². The number of nitriles is 1. The predicted molar refractivity (Wildman–Crippen MR) is 243 cm³/mol. The van der Waals surface area contributed by atoms with Crippen LogP contribution in [0.5, 0.6) is 0 Å². The summed E-state index contributed by atoms with van der Waals surface area (Å²) in [6, 6.07) is 21.4. The first-order chi connectivity index (χ1) is 29.8. The van der Waals surface area contributed by atoms with Crippen molar-refractivity contribution in [3.05, 3.63) is 95.4 Å². The zero-order valence-electron chi connectivity index (χ0n) is 35.6. The van der Waals surface area contributed by atoms with Crippen LogP contribution in [0.1, 0.15) is 49.6 Å². The molecule has 8 N–H and O–H groups in total. The summed E-state index contributed by atoms with van der Waals surface area (Å²) in [6.07, 6.45) is 5.20. The number of pyridine rings is 2. The Labute approximate surface area is 360 Å². The summed E-state index contributed by atoms with van der Waals surface area (Å²) in [5, 5.41) is 13.3. The van der Waals surface area contributed by atoms with Crippen molar-refractivity contribution in [2.45, 2.75) is 12.8 Å². The van der Waals surface area contributed by atoms with Crippen LogP contribution >= 0.6 is 0 Å². The van der Waals surface area contributed by atoms with Crippen molar-refractivity contribution in [2.24, 2.45) is 11.5 Å². The molecule has 0 atom stereocenters. The minimum Gasteiger partial charge on any atom is -0.396 e. The second-order valence-electron chi connectivity index (χ2n) is 15.5. The molecule has 2 aliphatic heterocycles. The van der Waals surface area contributed by atoms with Gasteiger partial charge in [-0.05, 0) is 73.5 Å². The van der Waals surface area contributed by atoms with Crippen LogP contribution in [-0.4, -0.2) is 135 Å². The molecular formula is C44H54N14O4. The fourth-order valence-electron chi connectivity index (χ4n) is 7.69. The lowest BCUT2D eigenvalue weighted by atomic mass is 10.1. The lowest BCUT2D eigenvalue weighted by Crippen LogP contribution is -2.31. The van der Waals surface area contributed by atoms with Crippen molar-refractivity contribution in [2.75, 3.05) is 118 Å². The maximum Gasteiger partial charge on any atom is 0.267 e. The molecule has 0 aliphatic carbocycles. The number of hydrogen-bond donors (Lipinski definition) is 5. The summed E-state index contributed by atoms with van der Waals surface area (Å²) in [4.78, 5) is 70.6. The van der Waals surface area contributed by atoms with Gasteiger partial charge in [0.25, 0.3) is 17.7 Å². The molecule has 2 fully saturated rings. The highest BCUT2D eigenvalue weighted by Crippen LogP contribution is 2.34. The standard InChI is InChI=1S/2C22H27N7O2/c1-27(2)22(31)14-4-6-15(7-5-14)28-10-3-11-29(13-12-28)16-8-9-25-21-17(16)18(23)19(26-21)20(24)30;1-27(2)22(31)16-4-6-17(7-5-16)28-10-3-11-29(13-12-28)19-8-9-25-21(18(19)14-23)26-15-20(24)30/h4-9H,3,10-13,23H2,1-2H3,(H2,24,30)(H,25,26);4-9H,3,10-13,15H2,1-2H3,(H2,24,30)(H,25,26). The van der Waals surface area contributed by atoms with E-state index in [1.807, 2.05) is 60.7 Å². The Balaban J connectivity index is 0.000000207. The van der Waals surface area contributed by atoms with Gasteiger partial charge in [0.2, 0.25) is 5.91 Å². The zero-order valence-corrected chi connectivity index (χ0v) is 35.6. The van der Waals surface area contributed by atoms with E-state index in [4.69, 9.17) is 17.2 Å². The number of nitrogens with two attached hydrogens (primary N) is 3. The van der Waals surface area contributed by atoms with Gasteiger partial charge in [0, 0.05) is 115 Å². The van der Waals surface area contributed by atoms with E-state index in [9.17, 15) is 24.4 Å². The number of primary amides is 2. The lowest BCUT2D eigenvalue weighted by molar-refractivity contribution is -0.116. The third-order valence-corrected chi connectivity index (χ3v) is 10.9. The molecule has 0 saturated carbocycles. The average molecular weight is 843 g/mol. The topological polar surface area (TPSA) is 243 Å². The fourth-order valence-corrected chi connectivity index (χ4v) is 7.69. The Hall–Kier alpha value is -7.55. The second kappa shape index (κ2) is 19.7. The van der Waals surface area contributed by atoms with Gasteiger partial charge >= 0.3 is 0 Å². The van der Waals surface area contributed by atoms with Crippen LogP contribution in [0.3, 0.4) is 0 Å². The van der Waals surface area contributed by atoms with E-state index in [1.165, 1.54) is 0 Å². The zero-order chi connectivity index (χ0) is 44.5. The molecule has 0 unspecified atom stereocenters. The summed E-state index contributed by atoms with van der Waals surface area (Å²) in [5.74, 6) is -0.772. The van der Waals surface area contributed by atoms with Gasteiger partial charge in [0.05, 0.1) is 29.0 Å². The van der Waals surface area contributed by atoms with Gasteiger partial charge in [0.15, 0.2) is 0 Å². The Bertz CT molecular complexity index is 2440. The number of rotatable bonds is 10.